The van der Waals surface area contributed by atoms with Crippen LogP contribution in [0.1, 0.15) is 28.2 Å². The molecule has 5 aromatic rings. The van der Waals surface area contributed by atoms with Crippen LogP contribution in [0, 0.1) is 12.3 Å². The number of nitrogens with two attached hydrogens (primary N) is 2. The first kappa shape index (κ1) is 31.2. The lowest BCUT2D eigenvalue weighted by Gasteiger charge is -1.94. The molecular formula is C22H26Cl2N12O2. The number of azide groups is 1. The van der Waals surface area contributed by atoms with E-state index in [4.69, 9.17) is 32.3 Å². The second-order valence-corrected chi connectivity index (χ2v) is 7.20. The van der Waals surface area contributed by atoms with E-state index in [0.717, 1.165) is 28.2 Å². The Bertz CT molecular complexity index is 1390. The molecule has 0 atom stereocenters. The number of anilines is 2. The minimum atomic E-state index is 0. The Morgan fingerprint density at radius 2 is 1.66 bits per heavy atom. The smallest absolute Gasteiger partial charge is 0.197 e. The SMILES string of the molecule is C#CCc1cnc(N)[nH]1.Cl.Cl.Nc1ncc(Cc2cn(Cc3ccoc3)nn2)[nH]1.[N-]=[N+]=NCc1ccoc1. The summed E-state index contributed by atoms with van der Waals surface area (Å²) < 4.78 is 11.5. The Morgan fingerprint density at radius 3 is 2.18 bits per heavy atom. The summed E-state index contributed by atoms with van der Waals surface area (Å²) in [5.41, 5.74) is 23.3. The van der Waals surface area contributed by atoms with Gasteiger partial charge in [0, 0.05) is 34.5 Å². The van der Waals surface area contributed by atoms with Gasteiger partial charge in [-0.25, -0.2) is 14.6 Å². The molecule has 5 rings (SSSR count). The minimum Gasteiger partial charge on any atom is -0.472 e. The fraction of sp³-hybridized carbons (Fsp3) is 0.182. The van der Waals surface area contributed by atoms with Crippen LogP contribution in [0.4, 0.5) is 11.9 Å². The second-order valence-electron chi connectivity index (χ2n) is 7.20. The Hall–Kier alpha value is -4.83. The van der Waals surface area contributed by atoms with Gasteiger partial charge >= 0.3 is 0 Å². The van der Waals surface area contributed by atoms with Crippen LogP contribution < -0.4 is 11.5 Å². The molecule has 38 heavy (non-hydrogen) atoms. The van der Waals surface area contributed by atoms with Crippen LogP contribution >= 0.6 is 24.8 Å². The minimum absolute atomic E-state index is 0. The highest BCUT2D eigenvalue weighted by molar-refractivity contribution is 5.85. The molecule has 6 N–H and O–H groups in total. The van der Waals surface area contributed by atoms with Crippen LogP contribution in [-0.2, 0) is 25.9 Å². The number of aromatic nitrogens is 7. The van der Waals surface area contributed by atoms with Crippen LogP contribution in [0.25, 0.3) is 10.4 Å². The summed E-state index contributed by atoms with van der Waals surface area (Å²) in [7, 11) is 0. The van der Waals surface area contributed by atoms with Crippen molar-refractivity contribution in [1.82, 2.24) is 34.9 Å². The fourth-order valence-electron chi connectivity index (χ4n) is 2.80. The standard InChI is InChI=1S/C11H12N6O.C6H7N3.C5H5N3O.2ClH/c12-11-13-4-9(14-11)3-10-6-17(16-15-10)5-8-1-2-18-7-8;1-2-3-5-4-8-6(7)9-5;6-8-7-3-5-1-2-9-4-5;;/h1-2,4,6-7H,3,5H2,(H3,12,13,14);1,4H,3H2,(H3,7,8,9);1-2,4H,3H2;2*1H. The number of nitrogen functional groups attached to an aromatic ring is 2. The normalized spacial score (nSPS) is 9.24. The Labute approximate surface area is 229 Å². The third kappa shape index (κ3) is 10.8. The Kier molecular flexibility index (Phi) is 13.8. The van der Waals surface area contributed by atoms with E-state index in [1.807, 2.05) is 12.3 Å². The molecule has 0 bridgehead atoms. The van der Waals surface area contributed by atoms with Crippen molar-refractivity contribution in [2.45, 2.75) is 25.9 Å². The lowest BCUT2D eigenvalue weighted by Crippen LogP contribution is -1.98. The number of halogens is 2. The van der Waals surface area contributed by atoms with Crippen molar-refractivity contribution in [3.8, 4) is 12.3 Å². The highest BCUT2D eigenvalue weighted by atomic mass is 35.5. The summed E-state index contributed by atoms with van der Waals surface area (Å²) in [6.45, 7) is 1.02. The summed E-state index contributed by atoms with van der Waals surface area (Å²) in [5.74, 6) is 3.30. The molecule has 200 valence electrons. The van der Waals surface area contributed by atoms with Gasteiger partial charge in [-0.1, -0.05) is 10.3 Å². The van der Waals surface area contributed by atoms with Crippen molar-refractivity contribution in [2.24, 2.45) is 5.11 Å². The predicted octanol–water partition coefficient (Wildman–Crippen LogP) is 3.92. The summed E-state index contributed by atoms with van der Waals surface area (Å²) >= 11 is 0. The molecule has 0 unspecified atom stereocenters. The van der Waals surface area contributed by atoms with Gasteiger partial charge in [0.1, 0.15) is 0 Å². The van der Waals surface area contributed by atoms with Gasteiger partial charge in [0.25, 0.3) is 0 Å². The number of nitrogens with zero attached hydrogens (tertiary/aromatic N) is 8. The molecule has 0 radical (unpaired) electrons. The number of terminal acetylenes is 1. The van der Waals surface area contributed by atoms with Crippen LogP contribution in [0.2, 0.25) is 0 Å². The van der Waals surface area contributed by atoms with Crippen molar-refractivity contribution >= 4 is 36.7 Å². The molecule has 16 heteroatoms. The van der Waals surface area contributed by atoms with Crippen molar-refractivity contribution < 1.29 is 8.83 Å². The van der Waals surface area contributed by atoms with E-state index >= 15 is 0 Å². The monoisotopic (exact) mass is 560 g/mol. The van der Waals surface area contributed by atoms with Crippen LogP contribution in [0.15, 0.2) is 69.7 Å². The van der Waals surface area contributed by atoms with E-state index in [2.05, 4.69) is 46.2 Å². The molecule has 0 saturated heterocycles. The third-order valence-electron chi connectivity index (χ3n) is 4.37. The molecular weight excluding hydrogens is 535 g/mol. The summed E-state index contributed by atoms with van der Waals surface area (Å²) in [5, 5.41) is 11.5. The van der Waals surface area contributed by atoms with Crippen LogP contribution in [-0.4, -0.2) is 34.9 Å². The van der Waals surface area contributed by atoms with Gasteiger partial charge in [-0.3, -0.25) is 0 Å². The highest BCUT2D eigenvalue weighted by Crippen LogP contribution is 2.07. The average Bonchev–Trinajstić information content (AvgIpc) is 3.69. The van der Waals surface area contributed by atoms with E-state index in [9.17, 15) is 0 Å². The number of rotatable bonds is 7. The van der Waals surface area contributed by atoms with Crippen LogP contribution in [0.5, 0.6) is 0 Å². The summed E-state index contributed by atoms with van der Waals surface area (Å²) in [6, 6.07) is 3.66. The molecule has 0 aliphatic heterocycles. The molecule has 0 spiro atoms. The fourth-order valence-corrected chi connectivity index (χ4v) is 2.80. The molecule has 0 aromatic carbocycles. The van der Waals surface area contributed by atoms with Crippen molar-refractivity contribution in [1.29, 1.82) is 0 Å². The number of aromatic amines is 2. The second kappa shape index (κ2) is 16.8. The first-order valence-electron chi connectivity index (χ1n) is 10.5. The topological polar surface area (TPSA) is 215 Å². The van der Waals surface area contributed by atoms with Gasteiger partial charge in [-0.05, 0) is 23.2 Å². The quantitative estimate of drug-likeness (QED) is 0.0986. The average molecular weight is 561 g/mol. The van der Waals surface area contributed by atoms with Gasteiger partial charge in [0.15, 0.2) is 11.9 Å². The number of furan rings is 2. The Balaban J connectivity index is 0.000000308. The van der Waals surface area contributed by atoms with E-state index in [0.29, 0.717) is 37.8 Å². The maximum atomic E-state index is 7.89. The number of H-pyrrole nitrogens is 2. The third-order valence-corrected chi connectivity index (χ3v) is 4.37. The maximum Gasteiger partial charge on any atom is 0.197 e. The lowest BCUT2D eigenvalue weighted by atomic mass is 10.3. The first-order chi connectivity index (χ1) is 17.6. The molecule has 0 amide bonds. The molecule has 0 aliphatic rings. The summed E-state index contributed by atoms with van der Waals surface area (Å²) in [4.78, 5) is 16.0. The van der Waals surface area contributed by atoms with E-state index < -0.39 is 0 Å². The molecule has 5 aromatic heterocycles. The van der Waals surface area contributed by atoms with Crippen molar-refractivity contribution in [2.75, 3.05) is 11.5 Å². The van der Waals surface area contributed by atoms with Gasteiger partial charge in [-0.2, -0.15) is 0 Å². The van der Waals surface area contributed by atoms with Gasteiger partial charge < -0.3 is 30.3 Å². The predicted molar refractivity (Wildman–Crippen MR) is 145 cm³/mol. The lowest BCUT2D eigenvalue weighted by molar-refractivity contribution is 0.558. The molecule has 0 aliphatic carbocycles. The molecule has 14 nitrogen and oxygen atoms in total. The van der Waals surface area contributed by atoms with Gasteiger partial charge in [0.2, 0.25) is 0 Å². The number of hydrogen-bond donors (Lipinski definition) is 4. The van der Waals surface area contributed by atoms with Crippen LogP contribution in [0.3, 0.4) is 0 Å². The maximum absolute atomic E-state index is 7.89. The largest absolute Gasteiger partial charge is 0.472 e. The zero-order chi connectivity index (χ0) is 25.6. The van der Waals surface area contributed by atoms with E-state index in [-0.39, 0.29) is 24.8 Å². The number of imidazole rings is 2. The van der Waals surface area contributed by atoms with Crippen molar-refractivity contribution in [3.05, 3.63) is 94.4 Å². The summed E-state index contributed by atoms with van der Waals surface area (Å²) in [6.07, 6.45) is 17.9. The molecule has 0 saturated carbocycles. The van der Waals surface area contributed by atoms with Gasteiger partial charge in [0.05, 0.1) is 62.7 Å². The van der Waals surface area contributed by atoms with E-state index in [1.165, 1.54) is 0 Å². The zero-order valence-corrected chi connectivity index (χ0v) is 21.6. The van der Waals surface area contributed by atoms with Gasteiger partial charge in [-0.15, -0.1) is 42.3 Å². The molecule has 5 heterocycles. The number of nitrogens with one attached hydrogen (secondary N) is 2. The van der Waals surface area contributed by atoms with Crippen molar-refractivity contribution in [3.63, 3.8) is 0 Å². The molecule has 0 fully saturated rings. The number of hydrogen-bond acceptors (Lipinski definition) is 9. The first-order valence-corrected chi connectivity index (χ1v) is 10.5. The Morgan fingerprint density at radius 1 is 1.03 bits per heavy atom. The van der Waals surface area contributed by atoms with E-state index in [1.54, 1.807) is 48.2 Å². The highest BCUT2D eigenvalue weighted by Gasteiger charge is 2.05. The zero-order valence-electron chi connectivity index (χ0n) is 20.0.